The summed E-state index contributed by atoms with van der Waals surface area (Å²) < 4.78 is 29.4. The first-order valence-electron chi connectivity index (χ1n) is 13.8. The molecule has 3 aromatic carbocycles. The molecule has 0 aliphatic carbocycles. The van der Waals surface area contributed by atoms with Gasteiger partial charge in [0.1, 0.15) is 17.3 Å². The number of aromatic nitrogens is 1. The maximum absolute atomic E-state index is 14.0. The van der Waals surface area contributed by atoms with E-state index in [-0.39, 0.29) is 54.9 Å². The van der Waals surface area contributed by atoms with Crippen molar-refractivity contribution in [1.29, 1.82) is 0 Å². The zero-order valence-electron chi connectivity index (χ0n) is 24.4. The van der Waals surface area contributed by atoms with Crippen molar-refractivity contribution in [1.82, 2.24) is 4.57 Å². The average Bonchev–Trinajstić information content (AvgIpc) is 3.29. The summed E-state index contributed by atoms with van der Waals surface area (Å²) in [5.74, 6) is -2.70. The topological polar surface area (TPSA) is 115 Å². The van der Waals surface area contributed by atoms with Gasteiger partial charge in [-0.05, 0) is 80.6 Å². The van der Waals surface area contributed by atoms with Crippen molar-refractivity contribution >= 4 is 17.6 Å². The number of hydrogen-bond donors (Lipinski definition) is 3. The second kappa shape index (κ2) is 15.4. The second-order valence-corrected chi connectivity index (χ2v) is 10.5. The van der Waals surface area contributed by atoms with Crippen LogP contribution in [0.3, 0.4) is 0 Å². The fraction of sp³-hybridized carbons (Fsp3) is 0.273. The molecule has 4 aromatic rings. The number of carbonyl (C=O) groups excluding carboxylic acids is 2. The van der Waals surface area contributed by atoms with Gasteiger partial charge in [-0.1, -0.05) is 42.5 Å². The van der Waals surface area contributed by atoms with Crippen LogP contribution in [-0.2, 0) is 11.2 Å². The Hall–Kier alpha value is -3.34. The number of aliphatic hydroxyl groups excluding tert-OH is 2. The monoisotopic (exact) mass is 598 g/mol. The molecule has 1 amide bonds. The number of aliphatic carboxylic acids is 1. The second-order valence-electron chi connectivity index (χ2n) is 10.5. The van der Waals surface area contributed by atoms with Gasteiger partial charge in [0.05, 0.1) is 12.2 Å². The predicted octanol–water partition coefficient (Wildman–Crippen LogP) is 2.12. The Morgan fingerprint density at radius 1 is 0.837 bits per heavy atom. The molecule has 43 heavy (non-hydrogen) atoms. The maximum Gasteiger partial charge on any atom is 1.00 e. The van der Waals surface area contributed by atoms with E-state index in [1.54, 1.807) is 12.1 Å². The number of hydrogen-bond acceptors (Lipinski definition) is 5. The molecule has 0 aliphatic rings. The van der Waals surface area contributed by atoms with Gasteiger partial charge >= 0.3 is 29.6 Å². The number of carbonyl (C=O) groups is 2. The molecule has 3 N–H and O–H groups in total. The number of amides is 1. The van der Waals surface area contributed by atoms with Crippen molar-refractivity contribution in [3.8, 4) is 22.3 Å². The predicted molar refractivity (Wildman–Crippen MR) is 155 cm³/mol. The minimum Gasteiger partial charge on any atom is -0.550 e. The van der Waals surface area contributed by atoms with Gasteiger partial charge < -0.3 is 30.0 Å². The van der Waals surface area contributed by atoms with Gasteiger partial charge in [-0.15, -0.1) is 0 Å². The van der Waals surface area contributed by atoms with Gasteiger partial charge in [-0.3, -0.25) is 4.79 Å². The van der Waals surface area contributed by atoms with Gasteiger partial charge in [0.25, 0.3) is 5.91 Å². The van der Waals surface area contributed by atoms with Crippen LogP contribution in [0.25, 0.3) is 22.3 Å². The summed E-state index contributed by atoms with van der Waals surface area (Å²) in [6.07, 6.45) is -2.64. The molecular weight excluding hydrogens is 565 g/mol. The molecule has 0 radical (unpaired) electrons. The summed E-state index contributed by atoms with van der Waals surface area (Å²) in [5.41, 5.74) is 4.13. The molecule has 220 valence electrons. The van der Waals surface area contributed by atoms with Crippen molar-refractivity contribution in [2.75, 3.05) is 5.32 Å². The van der Waals surface area contributed by atoms with Crippen LogP contribution in [-0.4, -0.2) is 38.9 Å². The van der Waals surface area contributed by atoms with Crippen LogP contribution in [0.1, 0.15) is 55.3 Å². The molecule has 1 heterocycles. The zero-order valence-corrected chi connectivity index (χ0v) is 26.4. The standard InChI is InChI=1S/C33H34F2N2O5.Na/c1-20(2)37-28(17-16-26(38)18-27(39)19-29(40)41)30(22-8-10-23(34)11-9-22)31(21-6-4-3-5-7-21)32(37)33(42)36-25-14-12-24(35)13-15-25;/h3-15,20,26-27,38-39H,16-19H2,1-2H3,(H,36,42)(H,40,41);/q;+1/p-1/t26-,27-;/m1./s1. The molecule has 0 unspecified atom stereocenters. The molecule has 10 heteroatoms. The molecule has 0 saturated carbocycles. The Bertz CT molecular complexity index is 1520. The molecule has 0 fully saturated rings. The number of benzene rings is 3. The van der Waals surface area contributed by atoms with E-state index in [1.807, 2.05) is 48.7 Å². The fourth-order valence-electron chi connectivity index (χ4n) is 5.22. The maximum atomic E-state index is 14.0. The quantitative estimate of drug-likeness (QED) is 0.216. The van der Waals surface area contributed by atoms with E-state index in [4.69, 9.17) is 0 Å². The largest absolute Gasteiger partial charge is 1.00 e. The first-order chi connectivity index (χ1) is 20.0. The van der Waals surface area contributed by atoms with Gasteiger partial charge in [-0.25, -0.2) is 8.78 Å². The Morgan fingerprint density at radius 2 is 1.40 bits per heavy atom. The first-order valence-corrected chi connectivity index (χ1v) is 13.8. The number of carboxylic acid groups (broad SMARTS) is 1. The Labute approximate surface area is 271 Å². The molecule has 4 rings (SSSR count). The smallest absolute Gasteiger partial charge is 0.550 e. The van der Waals surface area contributed by atoms with E-state index in [0.29, 0.717) is 33.8 Å². The van der Waals surface area contributed by atoms with Crippen molar-refractivity contribution in [3.05, 3.63) is 102 Å². The van der Waals surface area contributed by atoms with Crippen LogP contribution in [0.2, 0.25) is 0 Å². The van der Waals surface area contributed by atoms with Crippen LogP contribution >= 0.6 is 0 Å². The third-order valence-corrected chi connectivity index (χ3v) is 7.00. The third kappa shape index (κ3) is 8.61. The summed E-state index contributed by atoms with van der Waals surface area (Å²) in [5, 5.41) is 34.4. The summed E-state index contributed by atoms with van der Waals surface area (Å²) in [6, 6.07) is 20.4. The van der Waals surface area contributed by atoms with E-state index < -0.39 is 42.1 Å². The number of carboxylic acids is 1. The number of nitrogens with zero attached hydrogens (tertiary/aromatic N) is 1. The van der Waals surface area contributed by atoms with Gasteiger partial charge in [0, 0.05) is 40.9 Å². The van der Waals surface area contributed by atoms with E-state index in [2.05, 4.69) is 5.32 Å². The SMILES string of the molecule is CC(C)n1c(CC[C@@H](O)C[C@@H](O)CC(=O)[O-])c(-c2ccc(F)cc2)c(-c2ccccc2)c1C(=O)Nc1ccc(F)cc1.[Na+]. The Morgan fingerprint density at radius 3 is 1.95 bits per heavy atom. The Kier molecular flexibility index (Phi) is 12.2. The minimum atomic E-state index is -1.41. The van der Waals surface area contributed by atoms with Crippen LogP contribution < -0.4 is 40.0 Å². The van der Waals surface area contributed by atoms with Crippen LogP contribution in [0, 0.1) is 11.6 Å². The van der Waals surface area contributed by atoms with E-state index >= 15 is 0 Å². The van der Waals surface area contributed by atoms with Crippen LogP contribution in [0.15, 0.2) is 78.9 Å². The van der Waals surface area contributed by atoms with Crippen molar-refractivity contribution in [3.63, 3.8) is 0 Å². The van der Waals surface area contributed by atoms with Gasteiger partial charge in [0.2, 0.25) is 0 Å². The molecule has 1 aromatic heterocycles. The third-order valence-electron chi connectivity index (χ3n) is 7.00. The molecular formula is C33H33F2N2NaO5. The summed E-state index contributed by atoms with van der Waals surface area (Å²) >= 11 is 0. The van der Waals surface area contributed by atoms with Crippen LogP contribution in [0.5, 0.6) is 0 Å². The van der Waals surface area contributed by atoms with Crippen molar-refractivity contribution in [2.45, 2.75) is 57.8 Å². The summed E-state index contributed by atoms with van der Waals surface area (Å²) in [6.45, 7) is 3.84. The number of rotatable bonds is 12. The summed E-state index contributed by atoms with van der Waals surface area (Å²) in [4.78, 5) is 24.9. The first kappa shape index (κ1) is 34.2. The minimum absolute atomic E-state index is 0. The normalized spacial score (nSPS) is 12.4. The fourth-order valence-corrected chi connectivity index (χ4v) is 5.22. The molecule has 0 bridgehead atoms. The number of halogens is 2. The van der Waals surface area contributed by atoms with E-state index in [9.17, 15) is 33.7 Å². The zero-order chi connectivity index (χ0) is 30.4. The number of anilines is 1. The van der Waals surface area contributed by atoms with Crippen LogP contribution in [0.4, 0.5) is 14.5 Å². The van der Waals surface area contributed by atoms with E-state index in [0.717, 1.165) is 5.56 Å². The molecule has 7 nitrogen and oxygen atoms in total. The van der Waals surface area contributed by atoms with Gasteiger partial charge in [0.15, 0.2) is 0 Å². The van der Waals surface area contributed by atoms with E-state index in [1.165, 1.54) is 36.4 Å². The molecule has 0 aliphatic heterocycles. The number of nitrogens with one attached hydrogen (secondary N) is 1. The Balaban J connectivity index is 0.00000506. The van der Waals surface area contributed by atoms with Gasteiger partial charge in [-0.2, -0.15) is 0 Å². The summed E-state index contributed by atoms with van der Waals surface area (Å²) in [7, 11) is 0. The van der Waals surface area contributed by atoms with Crippen molar-refractivity contribution in [2.24, 2.45) is 0 Å². The molecule has 0 spiro atoms. The van der Waals surface area contributed by atoms with Crippen molar-refractivity contribution < 1.29 is 63.2 Å². The number of aliphatic hydroxyl groups is 2. The average molecular weight is 599 g/mol. The molecule has 0 saturated heterocycles. The molecule has 2 atom stereocenters.